The van der Waals surface area contributed by atoms with Crippen molar-refractivity contribution in [3.8, 4) is 6.07 Å². The Labute approximate surface area is 124 Å². The normalized spacial score (nSPS) is 9.89. The maximum atomic E-state index is 9.05. The number of nitrogens with zero attached hydrogens (tertiary/aromatic N) is 2. The Kier molecular flexibility index (Phi) is 4.04. The summed E-state index contributed by atoms with van der Waals surface area (Å²) in [6.07, 6.45) is 0. The molecule has 0 aliphatic carbocycles. The monoisotopic (exact) mass is 369 g/mol. The molecule has 5 heteroatoms. The van der Waals surface area contributed by atoms with Gasteiger partial charge >= 0.3 is 0 Å². The van der Waals surface area contributed by atoms with Crippen molar-refractivity contribution in [1.82, 2.24) is 4.98 Å². The van der Waals surface area contributed by atoms with Crippen LogP contribution in [0.25, 0.3) is 0 Å². The minimum atomic E-state index is 0.520. The lowest BCUT2D eigenvalue weighted by Crippen LogP contribution is -1.99. The number of rotatable bonds is 2. The molecule has 0 aliphatic heterocycles. The van der Waals surface area contributed by atoms with Gasteiger partial charge in [-0.05, 0) is 59.8 Å². The molecule has 0 saturated carbocycles. The van der Waals surface area contributed by atoms with Gasteiger partial charge in [-0.15, -0.1) is 0 Å². The molecule has 18 heavy (non-hydrogen) atoms. The predicted octanol–water partition coefficient (Wildman–Crippen LogP) is 4.26. The second kappa shape index (κ2) is 5.55. The number of nitrogens with one attached hydrogen (secondary N) is 1. The molecule has 0 aliphatic rings. The highest BCUT2D eigenvalue weighted by Crippen LogP contribution is 2.26. The molecule has 0 bridgehead atoms. The summed E-state index contributed by atoms with van der Waals surface area (Å²) in [6.45, 7) is 1.89. The summed E-state index contributed by atoms with van der Waals surface area (Å²) in [7, 11) is 0. The van der Waals surface area contributed by atoms with Crippen LogP contribution in [0.3, 0.4) is 0 Å². The van der Waals surface area contributed by atoms with E-state index < -0.39 is 0 Å². The summed E-state index contributed by atoms with van der Waals surface area (Å²) in [4.78, 5) is 4.33. The SMILES string of the molecule is Cc1ccc(C#N)c(Nc2ccc(Cl)cc2I)n1. The van der Waals surface area contributed by atoms with Crippen LogP contribution in [0.2, 0.25) is 5.02 Å². The van der Waals surface area contributed by atoms with Gasteiger partial charge in [0.2, 0.25) is 0 Å². The summed E-state index contributed by atoms with van der Waals surface area (Å²) in [6, 6.07) is 11.2. The topological polar surface area (TPSA) is 48.7 Å². The first-order valence-corrected chi connectivity index (χ1v) is 6.65. The Morgan fingerprint density at radius 2 is 2.11 bits per heavy atom. The third-order valence-corrected chi connectivity index (χ3v) is 3.47. The Hall–Kier alpha value is -1.32. The minimum absolute atomic E-state index is 0.520. The van der Waals surface area contributed by atoms with Gasteiger partial charge in [0.25, 0.3) is 0 Å². The van der Waals surface area contributed by atoms with Crippen molar-refractivity contribution in [2.24, 2.45) is 0 Å². The molecule has 0 fully saturated rings. The number of hydrogen-bond acceptors (Lipinski definition) is 3. The average Bonchev–Trinajstić information content (AvgIpc) is 2.33. The molecule has 1 N–H and O–H groups in total. The van der Waals surface area contributed by atoms with E-state index in [9.17, 15) is 0 Å². The standard InChI is InChI=1S/C13H9ClIN3/c1-8-2-3-9(7-16)13(17-8)18-12-5-4-10(14)6-11(12)15/h2-6H,1H3,(H,17,18). The first-order valence-electron chi connectivity index (χ1n) is 5.20. The predicted molar refractivity (Wildman–Crippen MR) is 81.1 cm³/mol. The first-order chi connectivity index (χ1) is 8.60. The van der Waals surface area contributed by atoms with Gasteiger partial charge in [0.15, 0.2) is 0 Å². The van der Waals surface area contributed by atoms with Crippen LogP contribution >= 0.6 is 34.2 Å². The largest absolute Gasteiger partial charge is 0.338 e. The van der Waals surface area contributed by atoms with Gasteiger partial charge in [-0.25, -0.2) is 4.98 Å². The van der Waals surface area contributed by atoms with Crippen LogP contribution in [0, 0.1) is 21.8 Å². The number of aryl methyl sites for hydroxylation is 1. The van der Waals surface area contributed by atoms with E-state index in [4.69, 9.17) is 16.9 Å². The third-order valence-electron chi connectivity index (χ3n) is 2.34. The molecule has 1 aromatic heterocycles. The summed E-state index contributed by atoms with van der Waals surface area (Å²) in [5.41, 5.74) is 2.27. The second-order valence-corrected chi connectivity index (χ2v) is 5.31. The van der Waals surface area contributed by atoms with Crippen molar-refractivity contribution in [2.75, 3.05) is 5.32 Å². The minimum Gasteiger partial charge on any atom is -0.338 e. The van der Waals surface area contributed by atoms with Gasteiger partial charge in [0.1, 0.15) is 11.9 Å². The van der Waals surface area contributed by atoms with Gasteiger partial charge in [0.05, 0.1) is 11.3 Å². The number of nitriles is 1. The van der Waals surface area contributed by atoms with Crippen molar-refractivity contribution in [2.45, 2.75) is 6.92 Å². The molecule has 0 amide bonds. The van der Waals surface area contributed by atoms with Crippen LogP contribution in [0.15, 0.2) is 30.3 Å². The van der Waals surface area contributed by atoms with Gasteiger partial charge in [0, 0.05) is 14.3 Å². The zero-order valence-electron chi connectivity index (χ0n) is 9.54. The van der Waals surface area contributed by atoms with Crippen LogP contribution in [0.1, 0.15) is 11.3 Å². The zero-order valence-corrected chi connectivity index (χ0v) is 12.5. The van der Waals surface area contributed by atoms with Gasteiger partial charge < -0.3 is 5.32 Å². The number of anilines is 2. The van der Waals surface area contributed by atoms with Crippen molar-refractivity contribution in [1.29, 1.82) is 5.26 Å². The van der Waals surface area contributed by atoms with Crippen molar-refractivity contribution < 1.29 is 0 Å². The highest BCUT2D eigenvalue weighted by atomic mass is 127. The number of aromatic nitrogens is 1. The van der Waals surface area contributed by atoms with E-state index in [0.29, 0.717) is 16.4 Å². The summed E-state index contributed by atoms with van der Waals surface area (Å²) in [5, 5.41) is 12.9. The maximum Gasteiger partial charge on any atom is 0.148 e. The van der Waals surface area contributed by atoms with Crippen molar-refractivity contribution in [3.63, 3.8) is 0 Å². The van der Waals surface area contributed by atoms with Gasteiger partial charge in [-0.1, -0.05) is 11.6 Å². The van der Waals surface area contributed by atoms with E-state index in [1.54, 1.807) is 12.1 Å². The lowest BCUT2D eigenvalue weighted by molar-refractivity contribution is 1.19. The summed E-state index contributed by atoms with van der Waals surface area (Å²) < 4.78 is 0.979. The molecule has 0 saturated heterocycles. The molecule has 0 radical (unpaired) electrons. The van der Waals surface area contributed by atoms with E-state index in [1.807, 2.05) is 25.1 Å². The lowest BCUT2D eigenvalue weighted by Gasteiger charge is -2.10. The third kappa shape index (κ3) is 2.92. The number of benzene rings is 1. The fourth-order valence-electron chi connectivity index (χ4n) is 1.46. The van der Waals surface area contributed by atoms with Crippen LogP contribution in [-0.2, 0) is 0 Å². The Morgan fingerprint density at radius 1 is 1.33 bits per heavy atom. The van der Waals surface area contributed by atoms with E-state index in [2.05, 4.69) is 39.0 Å². The zero-order chi connectivity index (χ0) is 13.1. The Balaban J connectivity index is 2.40. The van der Waals surface area contributed by atoms with E-state index in [-0.39, 0.29) is 0 Å². The van der Waals surface area contributed by atoms with Gasteiger partial charge in [-0.2, -0.15) is 5.26 Å². The molecular weight excluding hydrogens is 361 g/mol. The number of pyridine rings is 1. The highest BCUT2D eigenvalue weighted by Gasteiger charge is 2.07. The van der Waals surface area contributed by atoms with Crippen molar-refractivity contribution in [3.05, 3.63) is 50.2 Å². The molecule has 2 rings (SSSR count). The molecule has 90 valence electrons. The average molecular weight is 370 g/mol. The van der Waals surface area contributed by atoms with Crippen LogP contribution < -0.4 is 5.32 Å². The molecular formula is C13H9ClIN3. The van der Waals surface area contributed by atoms with Crippen LogP contribution in [0.5, 0.6) is 0 Å². The summed E-state index contributed by atoms with van der Waals surface area (Å²) in [5.74, 6) is 0.567. The first kappa shape index (κ1) is 13.1. The molecule has 1 heterocycles. The Morgan fingerprint density at radius 3 is 2.78 bits per heavy atom. The maximum absolute atomic E-state index is 9.05. The molecule has 2 aromatic rings. The number of hydrogen-bond donors (Lipinski definition) is 1. The molecule has 0 atom stereocenters. The number of halogens is 2. The van der Waals surface area contributed by atoms with E-state index in [1.165, 1.54) is 0 Å². The van der Waals surface area contributed by atoms with Crippen LogP contribution in [0.4, 0.5) is 11.5 Å². The van der Waals surface area contributed by atoms with E-state index >= 15 is 0 Å². The van der Waals surface area contributed by atoms with Crippen molar-refractivity contribution >= 4 is 45.7 Å². The highest BCUT2D eigenvalue weighted by molar-refractivity contribution is 14.1. The fraction of sp³-hybridized carbons (Fsp3) is 0.0769. The van der Waals surface area contributed by atoms with Crippen LogP contribution in [-0.4, -0.2) is 4.98 Å². The molecule has 1 aromatic carbocycles. The van der Waals surface area contributed by atoms with E-state index in [0.717, 1.165) is 15.0 Å². The van der Waals surface area contributed by atoms with Gasteiger partial charge in [-0.3, -0.25) is 0 Å². The fourth-order valence-corrected chi connectivity index (χ4v) is 2.47. The molecule has 0 unspecified atom stereocenters. The quantitative estimate of drug-likeness (QED) is 0.805. The molecule has 0 spiro atoms. The Bertz CT molecular complexity index is 635. The second-order valence-electron chi connectivity index (χ2n) is 3.71. The lowest BCUT2D eigenvalue weighted by atomic mass is 10.2. The smallest absolute Gasteiger partial charge is 0.148 e. The summed E-state index contributed by atoms with van der Waals surface area (Å²) >= 11 is 8.09. The molecule has 3 nitrogen and oxygen atoms in total.